The van der Waals surface area contributed by atoms with Gasteiger partial charge in [0.2, 0.25) is 5.91 Å². The normalized spacial score (nSPS) is 17.8. The lowest BCUT2D eigenvalue weighted by molar-refractivity contribution is -0.121. The van der Waals surface area contributed by atoms with Crippen LogP contribution in [-0.2, 0) is 11.2 Å². The van der Waals surface area contributed by atoms with Crippen molar-refractivity contribution in [3.05, 3.63) is 47.5 Å². The van der Waals surface area contributed by atoms with Crippen molar-refractivity contribution in [3.8, 4) is 0 Å². The highest BCUT2D eigenvalue weighted by Crippen LogP contribution is 2.22. The van der Waals surface area contributed by atoms with E-state index in [0.29, 0.717) is 6.42 Å². The molecule has 1 aliphatic rings. The number of amides is 1. The highest BCUT2D eigenvalue weighted by atomic mass is 16.1. The molecule has 3 rings (SSSR count). The van der Waals surface area contributed by atoms with Crippen LogP contribution in [0.3, 0.4) is 0 Å². The number of carbonyl (C=O) groups is 1. The van der Waals surface area contributed by atoms with Gasteiger partial charge in [0, 0.05) is 18.8 Å². The van der Waals surface area contributed by atoms with Crippen molar-refractivity contribution >= 4 is 22.9 Å². The molecule has 4 heteroatoms. The second kappa shape index (κ2) is 6.06. The summed E-state index contributed by atoms with van der Waals surface area (Å²) < 4.78 is 0. The molecule has 1 amide bonds. The van der Waals surface area contributed by atoms with Gasteiger partial charge in [-0.2, -0.15) is 0 Å². The third kappa shape index (κ3) is 2.95. The summed E-state index contributed by atoms with van der Waals surface area (Å²) in [5.41, 5.74) is 1.90. The minimum Gasteiger partial charge on any atom is -0.352 e. The van der Waals surface area contributed by atoms with Crippen molar-refractivity contribution in [1.82, 2.24) is 10.6 Å². The molecule has 0 aromatic heterocycles. The van der Waals surface area contributed by atoms with Gasteiger partial charge in [-0.15, -0.1) is 0 Å². The maximum atomic E-state index is 12.2. The Morgan fingerprint density at radius 2 is 2.10 bits per heavy atom. The summed E-state index contributed by atoms with van der Waals surface area (Å²) in [4.78, 5) is 12.2. The van der Waals surface area contributed by atoms with Crippen LogP contribution in [0.5, 0.6) is 0 Å². The van der Waals surface area contributed by atoms with Crippen LogP contribution >= 0.6 is 0 Å². The summed E-state index contributed by atoms with van der Waals surface area (Å²) in [6.45, 7) is 1.83. The van der Waals surface area contributed by atoms with Gasteiger partial charge in [0.15, 0.2) is 0 Å². The largest absolute Gasteiger partial charge is 0.352 e. The van der Waals surface area contributed by atoms with E-state index in [-0.39, 0.29) is 11.9 Å². The Kier molecular flexibility index (Phi) is 3.97. The second-order valence-corrected chi connectivity index (χ2v) is 5.44. The minimum atomic E-state index is 0.0662. The standard InChI is InChI=1S/C17H19N3O/c18-10-13-6-5-12(15-3-1-2-4-16(13)15)9-17(21)20-14-7-8-19-11-14/h1-6,10,14,18-19H,7-9,11H2,(H,20,21). The van der Waals surface area contributed by atoms with Gasteiger partial charge in [0.25, 0.3) is 0 Å². The van der Waals surface area contributed by atoms with E-state index in [1.54, 1.807) is 0 Å². The van der Waals surface area contributed by atoms with Crippen molar-refractivity contribution in [3.63, 3.8) is 0 Å². The van der Waals surface area contributed by atoms with E-state index in [2.05, 4.69) is 10.6 Å². The summed E-state index contributed by atoms with van der Waals surface area (Å²) in [5.74, 6) is 0.0662. The maximum Gasteiger partial charge on any atom is 0.224 e. The van der Waals surface area contributed by atoms with Crippen LogP contribution in [0.25, 0.3) is 10.8 Å². The molecule has 4 nitrogen and oxygen atoms in total. The van der Waals surface area contributed by atoms with Gasteiger partial charge in [-0.05, 0) is 34.9 Å². The molecular formula is C17H19N3O. The molecule has 0 bridgehead atoms. The Hall–Kier alpha value is -2.20. The van der Waals surface area contributed by atoms with Crippen LogP contribution in [0, 0.1) is 5.41 Å². The van der Waals surface area contributed by atoms with E-state index < -0.39 is 0 Å². The Bertz CT molecular complexity index is 675. The van der Waals surface area contributed by atoms with E-state index in [9.17, 15) is 4.79 Å². The van der Waals surface area contributed by atoms with E-state index in [1.807, 2.05) is 36.4 Å². The van der Waals surface area contributed by atoms with Crippen molar-refractivity contribution in [1.29, 1.82) is 5.41 Å². The van der Waals surface area contributed by atoms with Crippen molar-refractivity contribution in [2.75, 3.05) is 13.1 Å². The third-order valence-corrected chi connectivity index (χ3v) is 3.98. The van der Waals surface area contributed by atoms with Gasteiger partial charge >= 0.3 is 0 Å². The molecule has 0 radical (unpaired) electrons. The first kappa shape index (κ1) is 13.8. The molecule has 0 spiro atoms. The molecule has 1 saturated heterocycles. The van der Waals surface area contributed by atoms with Gasteiger partial charge in [0.05, 0.1) is 6.42 Å². The lowest BCUT2D eigenvalue weighted by atomic mass is 9.98. The molecule has 1 unspecified atom stereocenters. The number of hydrogen-bond donors (Lipinski definition) is 3. The summed E-state index contributed by atoms with van der Waals surface area (Å²) in [5, 5.41) is 15.9. The number of carbonyl (C=O) groups excluding carboxylic acids is 1. The van der Waals surface area contributed by atoms with E-state index in [0.717, 1.165) is 41.4 Å². The highest BCUT2D eigenvalue weighted by Gasteiger charge is 2.17. The number of fused-ring (bicyclic) bond motifs is 1. The SMILES string of the molecule is N=Cc1ccc(CC(=O)NC2CCNC2)c2ccccc12. The molecule has 2 aromatic carbocycles. The molecule has 1 atom stereocenters. The van der Waals surface area contributed by atoms with Gasteiger partial charge in [0.1, 0.15) is 0 Å². The topological polar surface area (TPSA) is 65.0 Å². The average molecular weight is 281 g/mol. The quantitative estimate of drug-likeness (QED) is 0.749. The molecule has 1 heterocycles. The summed E-state index contributed by atoms with van der Waals surface area (Å²) in [6.07, 6.45) is 2.74. The Balaban J connectivity index is 1.83. The van der Waals surface area contributed by atoms with Gasteiger partial charge in [-0.3, -0.25) is 4.79 Å². The first-order valence-corrected chi connectivity index (χ1v) is 7.29. The van der Waals surface area contributed by atoms with Crippen LogP contribution in [0.15, 0.2) is 36.4 Å². The fourth-order valence-corrected chi connectivity index (χ4v) is 2.89. The number of nitrogens with one attached hydrogen (secondary N) is 3. The van der Waals surface area contributed by atoms with Crippen LogP contribution in [0.4, 0.5) is 0 Å². The lowest BCUT2D eigenvalue weighted by Gasteiger charge is -2.13. The highest BCUT2D eigenvalue weighted by molar-refractivity contribution is 6.01. The van der Waals surface area contributed by atoms with Crippen molar-refractivity contribution in [2.45, 2.75) is 18.9 Å². The number of rotatable bonds is 4. The number of benzene rings is 2. The Labute approximate surface area is 124 Å². The van der Waals surface area contributed by atoms with Gasteiger partial charge in [-0.1, -0.05) is 36.4 Å². The number of hydrogen-bond acceptors (Lipinski definition) is 3. The Morgan fingerprint density at radius 1 is 1.29 bits per heavy atom. The summed E-state index contributed by atoms with van der Waals surface area (Å²) >= 11 is 0. The van der Waals surface area contributed by atoms with Gasteiger partial charge in [-0.25, -0.2) is 0 Å². The fraction of sp³-hybridized carbons (Fsp3) is 0.294. The van der Waals surface area contributed by atoms with Crippen LogP contribution in [-0.4, -0.2) is 31.3 Å². The van der Waals surface area contributed by atoms with Crippen molar-refractivity contribution < 1.29 is 4.79 Å². The zero-order valence-corrected chi connectivity index (χ0v) is 11.9. The van der Waals surface area contributed by atoms with E-state index in [4.69, 9.17) is 5.41 Å². The molecule has 21 heavy (non-hydrogen) atoms. The molecule has 2 aromatic rings. The van der Waals surface area contributed by atoms with E-state index >= 15 is 0 Å². The second-order valence-electron chi connectivity index (χ2n) is 5.44. The predicted octanol–water partition coefficient (Wildman–Crippen LogP) is 1.86. The minimum absolute atomic E-state index is 0.0662. The average Bonchev–Trinajstić information content (AvgIpc) is 3.00. The molecule has 1 fully saturated rings. The molecule has 1 aliphatic heterocycles. The van der Waals surface area contributed by atoms with Crippen LogP contribution in [0.2, 0.25) is 0 Å². The summed E-state index contributed by atoms with van der Waals surface area (Å²) in [7, 11) is 0. The fourth-order valence-electron chi connectivity index (χ4n) is 2.89. The van der Waals surface area contributed by atoms with Gasteiger partial charge < -0.3 is 16.0 Å². The smallest absolute Gasteiger partial charge is 0.224 e. The first-order valence-electron chi connectivity index (χ1n) is 7.29. The zero-order chi connectivity index (χ0) is 14.7. The molecule has 0 saturated carbocycles. The van der Waals surface area contributed by atoms with E-state index in [1.165, 1.54) is 6.21 Å². The molecule has 3 N–H and O–H groups in total. The third-order valence-electron chi connectivity index (χ3n) is 3.98. The van der Waals surface area contributed by atoms with Crippen molar-refractivity contribution in [2.24, 2.45) is 0 Å². The zero-order valence-electron chi connectivity index (χ0n) is 11.9. The van der Waals surface area contributed by atoms with Crippen LogP contribution in [0.1, 0.15) is 17.5 Å². The molecular weight excluding hydrogens is 262 g/mol. The summed E-state index contributed by atoms with van der Waals surface area (Å²) in [6, 6.07) is 12.1. The van der Waals surface area contributed by atoms with Crippen LogP contribution < -0.4 is 10.6 Å². The lowest BCUT2D eigenvalue weighted by Crippen LogP contribution is -2.37. The first-order chi connectivity index (χ1) is 10.3. The molecule has 108 valence electrons. The maximum absolute atomic E-state index is 12.2. The molecule has 0 aliphatic carbocycles. The monoisotopic (exact) mass is 281 g/mol. The predicted molar refractivity (Wildman–Crippen MR) is 85.0 cm³/mol. The Morgan fingerprint density at radius 3 is 2.81 bits per heavy atom.